The first-order valence-electron chi connectivity index (χ1n) is 4.52. The van der Waals surface area contributed by atoms with Crippen molar-refractivity contribution in [1.82, 2.24) is 0 Å². The van der Waals surface area contributed by atoms with Crippen LogP contribution < -0.4 is 5.73 Å². The van der Waals surface area contributed by atoms with E-state index >= 15 is 0 Å². The Hall–Kier alpha value is -0.770. The second-order valence-electron chi connectivity index (χ2n) is 2.89. The van der Waals surface area contributed by atoms with E-state index in [0.29, 0.717) is 29.6 Å². The van der Waals surface area contributed by atoms with Crippen LogP contribution in [-0.4, -0.2) is 12.8 Å². The van der Waals surface area contributed by atoms with Gasteiger partial charge < -0.3 is 10.6 Å². The molecule has 0 amide bonds. The second-order valence-corrected chi connectivity index (χ2v) is 3.70. The van der Waals surface area contributed by atoms with Crippen LogP contribution >= 0.6 is 23.2 Å². The highest BCUT2D eigenvalue weighted by Crippen LogP contribution is 2.22. The monoisotopic (exact) mass is 246 g/mol. The molecule has 0 heterocycles. The van der Waals surface area contributed by atoms with Gasteiger partial charge in [-0.15, -0.1) is 0 Å². The van der Waals surface area contributed by atoms with Crippen LogP contribution in [0.1, 0.15) is 12.0 Å². The number of hydrogen-bond donors (Lipinski definition) is 1. The third-order valence-electron chi connectivity index (χ3n) is 1.66. The largest absolute Gasteiger partial charge is 0.391 e. The summed E-state index contributed by atoms with van der Waals surface area (Å²) >= 11 is 11.6. The van der Waals surface area contributed by atoms with E-state index in [1.807, 2.05) is 6.07 Å². The number of benzene rings is 1. The van der Waals surface area contributed by atoms with Crippen LogP contribution in [0, 0.1) is 0 Å². The zero-order valence-electron chi connectivity index (χ0n) is 8.12. The van der Waals surface area contributed by atoms with Gasteiger partial charge in [-0.25, -0.2) is 0 Å². The van der Waals surface area contributed by atoms with Gasteiger partial charge in [-0.05, 0) is 30.7 Å². The smallest absolute Gasteiger partial charge is 0.142 e. The molecule has 0 aliphatic carbocycles. The molecule has 82 valence electrons. The van der Waals surface area contributed by atoms with E-state index in [-0.39, 0.29) is 0 Å². The topological polar surface area (TPSA) is 47.6 Å². The van der Waals surface area contributed by atoms with Gasteiger partial charge in [0, 0.05) is 6.21 Å². The molecular formula is C10H12Cl2N2O. The zero-order valence-corrected chi connectivity index (χ0v) is 9.63. The van der Waals surface area contributed by atoms with Crippen molar-refractivity contribution in [3.05, 3.63) is 33.8 Å². The highest BCUT2D eigenvalue weighted by atomic mass is 35.5. The SMILES string of the molecule is NCC/C=N/OCc1ccc(Cl)c(Cl)c1. The Balaban J connectivity index is 2.41. The summed E-state index contributed by atoms with van der Waals surface area (Å²) < 4.78 is 0. The molecule has 0 radical (unpaired) electrons. The zero-order chi connectivity index (χ0) is 11.1. The fraction of sp³-hybridized carbons (Fsp3) is 0.300. The van der Waals surface area contributed by atoms with Gasteiger partial charge in [-0.3, -0.25) is 0 Å². The van der Waals surface area contributed by atoms with E-state index in [4.69, 9.17) is 33.8 Å². The van der Waals surface area contributed by atoms with Gasteiger partial charge in [0.1, 0.15) is 6.61 Å². The Morgan fingerprint density at radius 2 is 2.13 bits per heavy atom. The molecule has 5 heteroatoms. The fourth-order valence-electron chi connectivity index (χ4n) is 0.921. The molecule has 0 saturated heterocycles. The minimum absolute atomic E-state index is 0.373. The molecular weight excluding hydrogens is 235 g/mol. The molecule has 1 aromatic rings. The van der Waals surface area contributed by atoms with Gasteiger partial charge in [0.2, 0.25) is 0 Å². The van der Waals surface area contributed by atoms with Crippen LogP contribution in [-0.2, 0) is 11.4 Å². The maximum Gasteiger partial charge on any atom is 0.142 e. The molecule has 0 bridgehead atoms. The van der Waals surface area contributed by atoms with Crippen molar-refractivity contribution in [2.45, 2.75) is 13.0 Å². The van der Waals surface area contributed by atoms with Gasteiger partial charge in [-0.1, -0.05) is 34.4 Å². The lowest BCUT2D eigenvalue weighted by Gasteiger charge is -2.01. The molecule has 0 aliphatic heterocycles. The van der Waals surface area contributed by atoms with Crippen molar-refractivity contribution < 1.29 is 4.84 Å². The van der Waals surface area contributed by atoms with Crippen LogP contribution in [0.5, 0.6) is 0 Å². The summed E-state index contributed by atoms with van der Waals surface area (Å²) in [7, 11) is 0. The summed E-state index contributed by atoms with van der Waals surface area (Å²) in [4.78, 5) is 5.03. The lowest BCUT2D eigenvalue weighted by Crippen LogP contribution is -1.98. The lowest BCUT2D eigenvalue weighted by atomic mass is 10.2. The van der Waals surface area contributed by atoms with E-state index in [1.165, 1.54) is 0 Å². The first kappa shape index (κ1) is 12.3. The quantitative estimate of drug-likeness (QED) is 0.642. The van der Waals surface area contributed by atoms with Crippen molar-refractivity contribution in [2.24, 2.45) is 10.9 Å². The average Bonchev–Trinajstić information content (AvgIpc) is 2.23. The minimum Gasteiger partial charge on any atom is -0.391 e. The van der Waals surface area contributed by atoms with E-state index in [1.54, 1.807) is 18.3 Å². The highest BCUT2D eigenvalue weighted by Gasteiger charge is 1.99. The molecule has 2 N–H and O–H groups in total. The molecule has 0 fully saturated rings. The number of oxime groups is 1. The molecule has 15 heavy (non-hydrogen) atoms. The summed E-state index contributed by atoms with van der Waals surface area (Å²) in [6, 6.07) is 5.32. The standard InChI is InChI=1S/C10H12Cl2N2O/c11-9-3-2-8(6-10(9)12)7-15-14-5-1-4-13/h2-3,5-6H,1,4,7,13H2/b14-5+. The number of hydrogen-bond acceptors (Lipinski definition) is 3. The van der Waals surface area contributed by atoms with Crippen LogP contribution in [0.2, 0.25) is 10.0 Å². The van der Waals surface area contributed by atoms with Gasteiger partial charge in [0.25, 0.3) is 0 Å². The molecule has 0 aromatic heterocycles. The van der Waals surface area contributed by atoms with E-state index in [2.05, 4.69) is 5.16 Å². The third kappa shape index (κ3) is 4.51. The lowest BCUT2D eigenvalue weighted by molar-refractivity contribution is 0.131. The number of rotatable bonds is 5. The Bertz CT molecular complexity index is 342. The van der Waals surface area contributed by atoms with Crippen molar-refractivity contribution in [1.29, 1.82) is 0 Å². The third-order valence-corrected chi connectivity index (χ3v) is 2.40. The predicted molar refractivity (Wildman–Crippen MR) is 63.4 cm³/mol. The van der Waals surface area contributed by atoms with Gasteiger partial charge in [0.15, 0.2) is 0 Å². The van der Waals surface area contributed by atoms with Gasteiger partial charge in [0.05, 0.1) is 10.0 Å². The first-order valence-corrected chi connectivity index (χ1v) is 5.27. The first-order chi connectivity index (χ1) is 7.24. The summed E-state index contributed by atoms with van der Waals surface area (Å²) in [5, 5.41) is 4.78. The normalized spacial score (nSPS) is 10.9. The Morgan fingerprint density at radius 1 is 1.33 bits per heavy atom. The van der Waals surface area contributed by atoms with Crippen molar-refractivity contribution in [2.75, 3.05) is 6.54 Å². The maximum atomic E-state index is 5.83. The molecule has 0 unspecified atom stereocenters. The number of halogens is 2. The van der Waals surface area contributed by atoms with Gasteiger partial charge >= 0.3 is 0 Å². The fourth-order valence-corrected chi connectivity index (χ4v) is 1.24. The van der Waals surface area contributed by atoms with Crippen LogP contribution in [0.4, 0.5) is 0 Å². The molecule has 0 saturated carbocycles. The molecule has 0 atom stereocenters. The second kappa shape index (κ2) is 6.67. The maximum absolute atomic E-state index is 5.83. The van der Waals surface area contributed by atoms with Crippen molar-refractivity contribution in [3.8, 4) is 0 Å². The summed E-state index contributed by atoms with van der Waals surface area (Å²) in [6.07, 6.45) is 2.35. The highest BCUT2D eigenvalue weighted by molar-refractivity contribution is 6.41. The summed E-state index contributed by atoms with van der Waals surface area (Å²) in [5.41, 5.74) is 6.20. The van der Waals surface area contributed by atoms with Crippen LogP contribution in [0.3, 0.4) is 0 Å². The average molecular weight is 247 g/mol. The van der Waals surface area contributed by atoms with Crippen molar-refractivity contribution in [3.63, 3.8) is 0 Å². The Labute approximate surface area is 98.8 Å². The molecule has 0 aliphatic rings. The summed E-state index contributed by atoms with van der Waals surface area (Å²) in [6.45, 7) is 0.942. The number of nitrogens with two attached hydrogens (primary N) is 1. The minimum atomic E-state index is 0.373. The molecule has 0 spiro atoms. The van der Waals surface area contributed by atoms with Crippen LogP contribution in [0.15, 0.2) is 23.4 Å². The summed E-state index contributed by atoms with van der Waals surface area (Å²) in [5.74, 6) is 0. The van der Waals surface area contributed by atoms with Crippen LogP contribution in [0.25, 0.3) is 0 Å². The molecule has 1 aromatic carbocycles. The van der Waals surface area contributed by atoms with E-state index in [0.717, 1.165) is 5.56 Å². The van der Waals surface area contributed by atoms with Gasteiger partial charge in [-0.2, -0.15) is 0 Å². The Kier molecular flexibility index (Phi) is 5.47. The van der Waals surface area contributed by atoms with E-state index in [9.17, 15) is 0 Å². The van der Waals surface area contributed by atoms with Crippen molar-refractivity contribution >= 4 is 29.4 Å². The predicted octanol–water partition coefficient (Wildman–Crippen LogP) is 2.84. The molecule has 3 nitrogen and oxygen atoms in total. The van der Waals surface area contributed by atoms with E-state index < -0.39 is 0 Å². The Morgan fingerprint density at radius 3 is 2.80 bits per heavy atom. The molecule has 1 rings (SSSR count). The number of nitrogens with zero attached hydrogens (tertiary/aromatic N) is 1.